The zero-order valence-corrected chi connectivity index (χ0v) is 46.1. The first-order valence-corrected chi connectivity index (χ1v) is 27.0. The highest BCUT2D eigenvalue weighted by Gasteiger charge is 2.68. The molecular formula is C55H97N5O10. The SMILES string of the molecule is COC(=O)CC[C@@H](C)[C@H]1CCC2C3C(C[C@H](O)[C@@]21C)[C@@]1(C)CC[C@H](NC(=O)[C@H](CC(C)C)NC(=O)[C@H](CC(C)C)NC(=O)[C@H](CC(C)C)NC(=O)[C@H](CC(C)C)NC(=O)OC(C)(C)C)C[C@@]1(C)C[C@H]3O. The van der Waals surface area contributed by atoms with Crippen LogP contribution in [0.4, 0.5) is 4.79 Å². The predicted octanol–water partition coefficient (Wildman–Crippen LogP) is 7.58. The summed E-state index contributed by atoms with van der Waals surface area (Å²) in [6.07, 6.45) is 5.83. The molecule has 0 heterocycles. The Morgan fingerprint density at radius 3 is 1.57 bits per heavy atom. The van der Waals surface area contributed by atoms with Crippen molar-refractivity contribution in [1.82, 2.24) is 26.6 Å². The van der Waals surface area contributed by atoms with Gasteiger partial charge in [-0.25, -0.2) is 4.79 Å². The lowest BCUT2D eigenvalue weighted by Crippen LogP contribution is -2.66. The van der Waals surface area contributed by atoms with Gasteiger partial charge >= 0.3 is 12.1 Å². The molecule has 7 N–H and O–H groups in total. The number of esters is 1. The molecule has 4 rings (SSSR count). The van der Waals surface area contributed by atoms with Crippen LogP contribution in [0.3, 0.4) is 0 Å². The minimum absolute atomic E-state index is 0.00138. The van der Waals surface area contributed by atoms with E-state index in [4.69, 9.17) is 9.47 Å². The summed E-state index contributed by atoms with van der Waals surface area (Å²) in [5, 5.41) is 39.2. The van der Waals surface area contributed by atoms with Crippen molar-refractivity contribution in [2.45, 2.75) is 235 Å². The van der Waals surface area contributed by atoms with Gasteiger partial charge in [0.05, 0.1) is 19.3 Å². The molecule has 0 aliphatic heterocycles. The van der Waals surface area contributed by atoms with Crippen molar-refractivity contribution in [3.8, 4) is 0 Å². The van der Waals surface area contributed by atoms with Crippen molar-refractivity contribution >= 4 is 35.7 Å². The Bertz CT molecular complexity index is 1820. The normalized spacial score (nSPS) is 31.8. The zero-order chi connectivity index (χ0) is 52.8. The third-order valence-corrected chi connectivity index (χ3v) is 17.3. The average Bonchev–Trinajstić information content (AvgIpc) is 3.59. The Labute approximate surface area is 421 Å². The molecule has 4 saturated carbocycles. The van der Waals surface area contributed by atoms with Crippen LogP contribution in [0.5, 0.6) is 0 Å². The molecule has 0 spiro atoms. The summed E-state index contributed by atoms with van der Waals surface area (Å²) < 4.78 is 10.4. The molecule has 15 atom stereocenters. The lowest BCUT2D eigenvalue weighted by Gasteiger charge is -2.67. The number of rotatable bonds is 21. The molecule has 4 fully saturated rings. The van der Waals surface area contributed by atoms with Gasteiger partial charge in [-0.3, -0.25) is 24.0 Å². The monoisotopic (exact) mass is 988 g/mol. The second-order valence-electron chi connectivity index (χ2n) is 25.8. The van der Waals surface area contributed by atoms with E-state index in [1.54, 1.807) is 20.8 Å². The molecule has 4 aliphatic rings. The Morgan fingerprint density at radius 1 is 0.643 bits per heavy atom. The molecule has 70 heavy (non-hydrogen) atoms. The van der Waals surface area contributed by atoms with Gasteiger partial charge in [0.15, 0.2) is 0 Å². The number of hydrogen-bond donors (Lipinski definition) is 7. The number of carbonyl (C=O) groups excluding carboxylic acids is 6. The Kier molecular flexibility index (Phi) is 20.3. The summed E-state index contributed by atoms with van der Waals surface area (Å²) in [5.41, 5.74) is -1.63. The van der Waals surface area contributed by atoms with Crippen LogP contribution in [0, 0.1) is 69.5 Å². The number of amides is 5. The van der Waals surface area contributed by atoms with Gasteiger partial charge in [-0.05, 0) is 167 Å². The van der Waals surface area contributed by atoms with E-state index >= 15 is 0 Å². The Balaban J connectivity index is 1.47. The molecule has 5 amide bonds. The van der Waals surface area contributed by atoms with Crippen LogP contribution in [0.1, 0.15) is 187 Å². The minimum atomic E-state index is -1.00. The first-order valence-electron chi connectivity index (χ1n) is 27.0. The van der Waals surface area contributed by atoms with Crippen molar-refractivity contribution < 1.29 is 48.5 Å². The third kappa shape index (κ3) is 14.4. The molecule has 0 saturated heterocycles. The van der Waals surface area contributed by atoms with E-state index in [0.717, 1.165) is 25.7 Å². The summed E-state index contributed by atoms with van der Waals surface area (Å²) in [6, 6.07) is -4.02. The van der Waals surface area contributed by atoms with Crippen LogP contribution in [0.15, 0.2) is 0 Å². The predicted molar refractivity (Wildman–Crippen MR) is 272 cm³/mol. The Hall–Kier alpha value is -3.46. The fraction of sp³-hybridized carbons (Fsp3) is 0.891. The number of alkyl carbamates (subject to hydrolysis) is 1. The van der Waals surface area contributed by atoms with Crippen molar-refractivity contribution in [2.75, 3.05) is 7.11 Å². The van der Waals surface area contributed by atoms with Crippen LogP contribution in [-0.4, -0.2) is 101 Å². The highest BCUT2D eigenvalue weighted by molar-refractivity contribution is 5.95. The topological polar surface area (TPSA) is 221 Å². The van der Waals surface area contributed by atoms with E-state index in [1.165, 1.54) is 7.11 Å². The van der Waals surface area contributed by atoms with Crippen molar-refractivity contribution in [3.63, 3.8) is 0 Å². The number of fused-ring (bicyclic) bond motifs is 5. The number of methoxy groups -OCH3 is 1. The summed E-state index contributed by atoms with van der Waals surface area (Å²) in [5.74, 6) is -1.14. The van der Waals surface area contributed by atoms with Gasteiger partial charge in [0.25, 0.3) is 0 Å². The second-order valence-corrected chi connectivity index (χ2v) is 25.8. The maximum absolute atomic E-state index is 14.4. The van der Waals surface area contributed by atoms with E-state index in [0.29, 0.717) is 51.4 Å². The smallest absolute Gasteiger partial charge is 0.408 e. The van der Waals surface area contributed by atoms with E-state index in [2.05, 4.69) is 54.3 Å². The average molecular weight is 988 g/mol. The van der Waals surface area contributed by atoms with Gasteiger partial charge in [0.1, 0.15) is 29.8 Å². The zero-order valence-electron chi connectivity index (χ0n) is 46.1. The molecular weight excluding hydrogens is 891 g/mol. The molecule has 3 unspecified atom stereocenters. The van der Waals surface area contributed by atoms with Gasteiger partial charge in [0.2, 0.25) is 23.6 Å². The largest absolute Gasteiger partial charge is 0.469 e. The number of aliphatic hydroxyl groups excluding tert-OH is 2. The van der Waals surface area contributed by atoms with Crippen LogP contribution >= 0.6 is 0 Å². The molecule has 0 aromatic heterocycles. The van der Waals surface area contributed by atoms with Gasteiger partial charge in [0, 0.05) is 12.5 Å². The molecule has 15 heteroatoms. The third-order valence-electron chi connectivity index (χ3n) is 17.3. The summed E-state index contributed by atoms with van der Waals surface area (Å²) in [7, 11) is 1.42. The molecule has 4 aliphatic carbocycles. The fourth-order valence-electron chi connectivity index (χ4n) is 13.8. The molecule has 402 valence electrons. The maximum Gasteiger partial charge on any atom is 0.408 e. The summed E-state index contributed by atoms with van der Waals surface area (Å²) >= 11 is 0. The fourth-order valence-corrected chi connectivity index (χ4v) is 13.8. The highest BCUT2D eigenvalue weighted by atomic mass is 16.6. The van der Waals surface area contributed by atoms with Crippen LogP contribution < -0.4 is 26.6 Å². The quantitative estimate of drug-likeness (QED) is 0.0559. The molecule has 0 radical (unpaired) electrons. The van der Waals surface area contributed by atoms with Crippen molar-refractivity contribution in [2.24, 2.45) is 69.5 Å². The maximum atomic E-state index is 14.4. The number of carbonyl (C=O) groups is 6. The molecule has 15 nitrogen and oxygen atoms in total. The van der Waals surface area contributed by atoms with Crippen molar-refractivity contribution in [3.05, 3.63) is 0 Å². The van der Waals surface area contributed by atoms with E-state index < -0.39 is 65.8 Å². The Morgan fingerprint density at radius 2 is 1.11 bits per heavy atom. The first kappa shape index (κ1) is 59.1. The summed E-state index contributed by atoms with van der Waals surface area (Å²) in [4.78, 5) is 81.4. The number of hydrogen-bond acceptors (Lipinski definition) is 10. The number of aliphatic hydroxyl groups is 2. The number of nitrogens with one attached hydrogen (secondary N) is 5. The van der Waals surface area contributed by atoms with E-state index in [1.807, 2.05) is 55.4 Å². The number of ether oxygens (including phenoxy) is 2. The summed E-state index contributed by atoms with van der Waals surface area (Å²) in [6.45, 7) is 29.9. The lowest BCUT2D eigenvalue weighted by atomic mass is 9.39. The van der Waals surface area contributed by atoms with Gasteiger partial charge in [-0.1, -0.05) is 83.1 Å². The standard InChI is InChI=1S/C55H97N5O10/c1-30(2)23-39(57-48(65)40(24-31(3)4)58-49(66)41(25-32(5)6)59-50(67)42(26-33(7)8)60-51(68)70-52(10,11)12)47(64)56-35-21-22-54(14)38-27-44(62)55(15)36(34(9)17-20-45(63)69-16)18-19-37(55)46(38)43(61)29-53(54,13)28-35/h30-44,46,61-62H,17-29H2,1-16H3,(H,56,64)(H,57,65)(H,58,66)(H,59,67)(H,60,68)/t34-,35+,36-,37?,38?,39+,40+,41+,42+,43-,44+,46?,53+,54-,55-/m1/s1. The van der Waals surface area contributed by atoms with Crippen molar-refractivity contribution in [1.29, 1.82) is 0 Å². The van der Waals surface area contributed by atoms with Gasteiger partial charge < -0.3 is 46.3 Å². The van der Waals surface area contributed by atoms with E-state index in [9.17, 15) is 39.0 Å². The first-order chi connectivity index (χ1) is 32.3. The minimum Gasteiger partial charge on any atom is -0.469 e. The van der Waals surface area contributed by atoms with E-state index in [-0.39, 0.29) is 93.8 Å². The highest BCUT2D eigenvalue weighted by Crippen LogP contribution is 2.71. The van der Waals surface area contributed by atoms with Crippen LogP contribution in [-0.2, 0) is 33.4 Å². The van der Waals surface area contributed by atoms with Gasteiger partial charge in [-0.15, -0.1) is 0 Å². The lowest BCUT2D eigenvalue weighted by molar-refractivity contribution is -0.227. The molecule has 0 bridgehead atoms. The molecule has 0 aromatic rings. The van der Waals surface area contributed by atoms with Gasteiger partial charge in [-0.2, -0.15) is 0 Å². The second kappa shape index (κ2) is 24.1. The molecule has 0 aromatic carbocycles. The van der Waals surface area contributed by atoms with Crippen LogP contribution in [0.25, 0.3) is 0 Å². The van der Waals surface area contributed by atoms with Crippen LogP contribution in [0.2, 0.25) is 0 Å².